The van der Waals surface area contributed by atoms with Crippen LogP contribution in [-0.4, -0.2) is 96.7 Å². The van der Waals surface area contributed by atoms with Gasteiger partial charge in [0.2, 0.25) is 0 Å². The first kappa shape index (κ1) is 100. The molecule has 19 heteroatoms. The Morgan fingerprint density at radius 2 is 0.451 bits per heavy atom. The number of hydrogen-bond acceptors (Lipinski definition) is 15. The van der Waals surface area contributed by atoms with Gasteiger partial charge in [0, 0.05) is 25.7 Å². The molecule has 0 radical (unpaired) electrons. The van der Waals surface area contributed by atoms with Gasteiger partial charge in [0.25, 0.3) is 0 Å². The maximum absolute atomic E-state index is 13.1. The Kier molecular flexibility index (Phi) is 74.4. The standard InChI is InChI=1S/C83H162O17P2/c1-6-9-12-15-18-20-22-24-26-28-29-30-31-33-35-41-45-49-54-59-64-69-83(88)100-79(73-94-81(86)67-62-57-52-47-43-39-37-36-38-42-46-51-55-60-65-76(4)5)75-98-102(91,92)96-71-77(84)70-95-101(89,90)97-74-78(72-93-80(85)66-61-56-50-17-14-11-8-3)99-82(87)68-63-58-53-48-44-40-34-32-27-25-23-21-19-16-13-10-7-2/h76-79,84H,6-75H2,1-5H3,(H,89,90)(H,91,92)/t77-,78+,79+/m0/s1. The fraction of sp³-hybridized carbons (Fsp3) is 0.952. The SMILES string of the molecule is CCCCCCCCCCCCCCCCCCCCCCCC(=O)O[C@H](COC(=O)CCCCCCCCCCCCCCCCC(C)C)COP(=O)(O)OC[C@@H](O)COP(=O)(O)OC[C@@H](COC(=O)CCCCCCCCC)OC(=O)CCCCCCCCCCCCCCCCCCC. The van der Waals surface area contributed by atoms with Gasteiger partial charge in [-0.05, 0) is 31.6 Å². The van der Waals surface area contributed by atoms with E-state index < -0.39 is 97.5 Å². The minimum atomic E-state index is -4.96. The van der Waals surface area contributed by atoms with Gasteiger partial charge in [-0.1, -0.05) is 394 Å². The van der Waals surface area contributed by atoms with Crippen molar-refractivity contribution in [3.63, 3.8) is 0 Å². The number of rotatable bonds is 83. The molecule has 0 saturated carbocycles. The number of ether oxygens (including phenoxy) is 4. The summed E-state index contributed by atoms with van der Waals surface area (Å²) < 4.78 is 68.7. The van der Waals surface area contributed by atoms with Crippen molar-refractivity contribution in [1.82, 2.24) is 0 Å². The Labute approximate surface area is 626 Å². The molecule has 5 atom stereocenters. The van der Waals surface area contributed by atoms with Crippen molar-refractivity contribution in [2.24, 2.45) is 5.92 Å². The summed E-state index contributed by atoms with van der Waals surface area (Å²) in [5.74, 6) is -1.31. The molecule has 0 saturated heterocycles. The molecule has 0 aliphatic rings. The van der Waals surface area contributed by atoms with Crippen LogP contribution >= 0.6 is 15.6 Å². The van der Waals surface area contributed by atoms with Crippen molar-refractivity contribution < 1.29 is 80.2 Å². The summed E-state index contributed by atoms with van der Waals surface area (Å²) in [4.78, 5) is 73.0. The lowest BCUT2D eigenvalue weighted by molar-refractivity contribution is -0.161. The molecule has 0 aliphatic heterocycles. The first-order chi connectivity index (χ1) is 49.5. The maximum Gasteiger partial charge on any atom is 0.472 e. The number of esters is 4. The van der Waals surface area contributed by atoms with Crippen molar-refractivity contribution in [2.45, 2.75) is 464 Å². The highest BCUT2D eigenvalue weighted by Crippen LogP contribution is 2.45. The number of hydrogen-bond donors (Lipinski definition) is 3. The van der Waals surface area contributed by atoms with Crippen LogP contribution in [0, 0.1) is 5.92 Å². The molecule has 2 unspecified atom stereocenters. The normalized spacial score (nSPS) is 13.8. The van der Waals surface area contributed by atoms with Gasteiger partial charge in [-0.15, -0.1) is 0 Å². The Bertz CT molecular complexity index is 1940. The largest absolute Gasteiger partial charge is 0.472 e. The molecule has 0 heterocycles. The fourth-order valence-corrected chi connectivity index (χ4v) is 14.5. The van der Waals surface area contributed by atoms with Gasteiger partial charge in [-0.25, -0.2) is 9.13 Å². The fourth-order valence-electron chi connectivity index (χ4n) is 12.9. The molecule has 0 aromatic rings. The Balaban J connectivity index is 5.16. The highest BCUT2D eigenvalue weighted by molar-refractivity contribution is 7.47. The molecule has 17 nitrogen and oxygen atoms in total. The second-order valence-electron chi connectivity index (χ2n) is 30.3. The van der Waals surface area contributed by atoms with Gasteiger partial charge in [-0.3, -0.25) is 37.3 Å². The number of phosphoric ester groups is 2. The van der Waals surface area contributed by atoms with Gasteiger partial charge >= 0.3 is 39.5 Å². The van der Waals surface area contributed by atoms with Crippen LogP contribution < -0.4 is 0 Å². The topological polar surface area (TPSA) is 237 Å². The smallest absolute Gasteiger partial charge is 0.462 e. The van der Waals surface area contributed by atoms with Crippen LogP contribution in [0.5, 0.6) is 0 Å². The van der Waals surface area contributed by atoms with Crippen LogP contribution in [0.4, 0.5) is 0 Å². The summed E-state index contributed by atoms with van der Waals surface area (Å²) in [6, 6.07) is 0. The van der Waals surface area contributed by atoms with Crippen molar-refractivity contribution >= 4 is 39.5 Å². The van der Waals surface area contributed by atoms with Gasteiger partial charge in [-0.2, -0.15) is 0 Å². The van der Waals surface area contributed by atoms with Crippen LogP contribution in [0.25, 0.3) is 0 Å². The average molecular weight is 1490 g/mol. The first-order valence-electron chi connectivity index (χ1n) is 43.1. The molecule has 606 valence electrons. The van der Waals surface area contributed by atoms with Gasteiger partial charge in [0.15, 0.2) is 12.2 Å². The second kappa shape index (κ2) is 75.9. The average Bonchev–Trinajstić information content (AvgIpc) is 1.02. The Hall–Kier alpha value is -1.94. The van der Waals surface area contributed by atoms with E-state index in [-0.39, 0.29) is 25.7 Å². The zero-order valence-electron chi connectivity index (χ0n) is 66.8. The van der Waals surface area contributed by atoms with E-state index in [1.807, 2.05) is 0 Å². The summed E-state index contributed by atoms with van der Waals surface area (Å²) >= 11 is 0. The molecule has 3 N–H and O–H groups in total. The molecule has 0 spiro atoms. The first-order valence-corrected chi connectivity index (χ1v) is 46.1. The second-order valence-corrected chi connectivity index (χ2v) is 33.3. The van der Waals surface area contributed by atoms with E-state index in [4.69, 9.17) is 37.0 Å². The van der Waals surface area contributed by atoms with Gasteiger partial charge in [0.05, 0.1) is 26.4 Å². The highest BCUT2D eigenvalue weighted by Gasteiger charge is 2.30. The third-order valence-corrected chi connectivity index (χ3v) is 21.4. The lowest BCUT2D eigenvalue weighted by atomic mass is 10.0. The predicted octanol–water partition coefficient (Wildman–Crippen LogP) is 25.2. The molecule has 0 amide bonds. The minimum absolute atomic E-state index is 0.108. The summed E-state index contributed by atoms with van der Waals surface area (Å²) in [7, 11) is -9.92. The minimum Gasteiger partial charge on any atom is -0.462 e. The monoisotopic (exact) mass is 1490 g/mol. The zero-order valence-corrected chi connectivity index (χ0v) is 68.5. The third-order valence-electron chi connectivity index (χ3n) is 19.5. The van der Waals surface area contributed by atoms with E-state index in [1.165, 1.54) is 257 Å². The number of phosphoric acid groups is 2. The number of carbonyl (C=O) groups excluding carboxylic acids is 4. The molecular formula is C83H162O17P2. The van der Waals surface area contributed by atoms with Crippen LogP contribution in [-0.2, 0) is 65.4 Å². The van der Waals surface area contributed by atoms with Crippen molar-refractivity contribution in [3.8, 4) is 0 Å². The lowest BCUT2D eigenvalue weighted by Crippen LogP contribution is -2.30. The lowest BCUT2D eigenvalue weighted by Gasteiger charge is -2.21. The van der Waals surface area contributed by atoms with E-state index in [1.54, 1.807) is 0 Å². The number of unbranched alkanes of at least 4 members (excludes halogenated alkanes) is 55. The van der Waals surface area contributed by atoms with E-state index in [2.05, 4.69) is 34.6 Å². The van der Waals surface area contributed by atoms with Crippen LogP contribution in [0.3, 0.4) is 0 Å². The number of aliphatic hydroxyl groups is 1. The zero-order chi connectivity index (χ0) is 74.8. The van der Waals surface area contributed by atoms with E-state index in [0.29, 0.717) is 25.7 Å². The van der Waals surface area contributed by atoms with E-state index >= 15 is 0 Å². The molecule has 0 aromatic heterocycles. The van der Waals surface area contributed by atoms with Crippen LogP contribution in [0.15, 0.2) is 0 Å². The van der Waals surface area contributed by atoms with Crippen molar-refractivity contribution in [3.05, 3.63) is 0 Å². The molecular weight excluding hydrogens is 1330 g/mol. The summed E-state index contributed by atoms with van der Waals surface area (Å²) in [5.41, 5.74) is 0. The van der Waals surface area contributed by atoms with Gasteiger partial charge in [0.1, 0.15) is 19.3 Å². The highest BCUT2D eigenvalue weighted by atomic mass is 31.2. The summed E-state index contributed by atoms with van der Waals surface area (Å²) in [6.07, 6.45) is 68.2. The number of carbonyl (C=O) groups is 4. The quantitative estimate of drug-likeness (QED) is 0.0222. The molecule has 0 aliphatic carbocycles. The molecule has 102 heavy (non-hydrogen) atoms. The Morgan fingerprint density at radius 1 is 0.265 bits per heavy atom. The summed E-state index contributed by atoms with van der Waals surface area (Å²) in [5, 5.41) is 10.6. The predicted molar refractivity (Wildman–Crippen MR) is 418 cm³/mol. The van der Waals surface area contributed by atoms with Crippen molar-refractivity contribution in [2.75, 3.05) is 39.6 Å². The molecule has 0 bridgehead atoms. The Morgan fingerprint density at radius 3 is 0.667 bits per heavy atom. The van der Waals surface area contributed by atoms with Crippen LogP contribution in [0.1, 0.15) is 446 Å². The summed E-state index contributed by atoms with van der Waals surface area (Å²) in [6.45, 7) is 7.33. The van der Waals surface area contributed by atoms with Crippen molar-refractivity contribution in [1.29, 1.82) is 0 Å². The van der Waals surface area contributed by atoms with E-state index in [9.17, 15) is 43.2 Å². The molecule has 0 aromatic carbocycles. The third kappa shape index (κ3) is 76.3. The van der Waals surface area contributed by atoms with E-state index in [0.717, 1.165) is 109 Å². The van der Waals surface area contributed by atoms with Crippen LogP contribution in [0.2, 0.25) is 0 Å². The maximum atomic E-state index is 13.1. The molecule has 0 rings (SSSR count). The van der Waals surface area contributed by atoms with Gasteiger partial charge < -0.3 is 33.8 Å². The number of aliphatic hydroxyl groups excluding tert-OH is 1. The molecule has 0 fully saturated rings.